The molecule has 8 heteroatoms. The Labute approximate surface area is 218 Å². The maximum Gasteiger partial charge on any atom is 0.254 e. The summed E-state index contributed by atoms with van der Waals surface area (Å²) in [4.78, 5) is 17.4. The molecule has 0 bridgehead atoms. The first-order valence-electron chi connectivity index (χ1n) is 12.2. The zero-order chi connectivity index (χ0) is 26.2. The zero-order valence-corrected chi connectivity index (χ0v) is 21.9. The predicted molar refractivity (Wildman–Crippen MR) is 141 cm³/mol. The molecule has 8 nitrogen and oxygen atoms in total. The molecule has 1 aliphatic heterocycles. The fourth-order valence-corrected chi connectivity index (χ4v) is 4.42. The minimum absolute atomic E-state index is 0.0556. The van der Waals surface area contributed by atoms with Gasteiger partial charge in [0.1, 0.15) is 6.61 Å². The van der Waals surface area contributed by atoms with E-state index in [1.807, 2.05) is 47.4 Å². The van der Waals surface area contributed by atoms with E-state index < -0.39 is 0 Å². The van der Waals surface area contributed by atoms with Gasteiger partial charge in [0.25, 0.3) is 5.91 Å². The van der Waals surface area contributed by atoms with Crippen LogP contribution in [0.15, 0.2) is 60.7 Å². The largest absolute Gasteiger partial charge is 0.493 e. The fraction of sp³-hybridized carbons (Fsp3) is 0.345. The van der Waals surface area contributed by atoms with Gasteiger partial charge in [-0.1, -0.05) is 36.4 Å². The maximum absolute atomic E-state index is 13.2. The molecule has 4 rings (SSSR count). The first-order chi connectivity index (χ1) is 18.1. The van der Waals surface area contributed by atoms with Crippen LogP contribution in [-0.2, 0) is 13.2 Å². The van der Waals surface area contributed by atoms with Crippen LogP contribution >= 0.6 is 0 Å². The van der Waals surface area contributed by atoms with Crippen molar-refractivity contribution < 1.29 is 28.5 Å². The molecule has 0 radical (unpaired) electrons. The number of carbonyl (C=O) groups excluding carboxylic acids is 1. The van der Waals surface area contributed by atoms with Gasteiger partial charge >= 0.3 is 0 Å². The lowest BCUT2D eigenvalue weighted by Gasteiger charge is -2.35. The van der Waals surface area contributed by atoms with Gasteiger partial charge in [0.15, 0.2) is 23.0 Å². The van der Waals surface area contributed by atoms with Crippen LogP contribution in [0.5, 0.6) is 28.7 Å². The molecule has 0 spiro atoms. The van der Waals surface area contributed by atoms with Crippen LogP contribution in [0.4, 0.5) is 0 Å². The Morgan fingerprint density at radius 2 is 1.35 bits per heavy atom. The van der Waals surface area contributed by atoms with Gasteiger partial charge in [0.05, 0.1) is 28.4 Å². The molecule has 0 N–H and O–H groups in total. The van der Waals surface area contributed by atoms with E-state index in [2.05, 4.69) is 11.0 Å². The highest BCUT2D eigenvalue weighted by atomic mass is 16.5. The van der Waals surface area contributed by atoms with Gasteiger partial charge in [-0.25, -0.2) is 0 Å². The van der Waals surface area contributed by atoms with Crippen LogP contribution in [0.2, 0.25) is 0 Å². The molecule has 0 saturated carbocycles. The van der Waals surface area contributed by atoms with Crippen LogP contribution < -0.4 is 23.7 Å². The highest BCUT2D eigenvalue weighted by Gasteiger charge is 2.25. The minimum atomic E-state index is -0.0556. The quantitative estimate of drug-likeness (QED) is 0.407. The van der Waals surface area contributed by atoms with Crippen molar-refractivity contribution in [2.45, 2.75) is 13.2 Å². The van der Waals surface area contributed by atoms with Crippen LogP contribution in [0, 0.1) is 0 Å². The number of methoxy groups -OCH3 is 4. The lowest BCUT2D eigenvalue weighted by Crippen LogP contribution is -2.48. The van der Waals surface area contributed by atoms with Gasteiger partial charge in [-0.15, -0.1) is 0 Å². The van der Waals surface area contributed by atoms with Crippen molar-refractivity contribution in [3.63, 3.8) is 0 Å². The van der Waals surface area contributed by atoms with Crippen LogP contribution in [0.3, 0.4) is 0 Å². The lowest BCUT2D eigenvalue weighted by molar-refractivity contribution is 0.0627. The third-order valence-electron chi connectivity index (χ3n) is 6.44. The van der Waals surface area contributed by atoms with E-state index in [0.717, 1.165) is 36.5 Å². The number of rotatable bonds is 10. The van der Waals surface area contributed by atoms with Gasteiger partial charge < -0.3 is 28.6 Å². The molecule has 196 valence electrons. The van der Waals surface area contributed by atoms with Crippen molar-refractivity contribution in [1.29, 1.82) is 0 Å². The number of carbonyl (C=O) groups is 1. The van der Waals surface area contributed by atoms with Crippen molar-refractivity contribution >= 4 is 5.91 Å². The minimum Gasteiger partial charge on any atom is -0.493 e. The summed E-state index contributed by atoms with van der Waals surface area (Å²) in [6.45, 7) is 4.02. The van der Waals surface area contributed by atoms with Crippen LogP contribution in [-0.4, -0.2) is 70.3 Å². The molecule has 0 atom stereocenters. The molecule has 1 amide bonds. The van der Waals surface area contributed by atoms with Crippen LogP contribution in [0.25, 0.3) is 0 Å². The van der Waals surface area contributed by atoms with Gasteiger partial charge in [-0.3, -0.25) is 9.69 Å². The number of amides is 1. The number of ether oxygens (including phenoxy) is 5. The summed E-state index contributed by atoms with van der Waals surface area (Å²) >= 11 is 0. The second-order valence-corrected chi connectivity index (χ2v) is 8.74. The Balaban J connectivity index is 1.37. The monoisotopic (exact) mass is 506 g/mol. The molecule has 37 heavy (non-hydrogen) atoms. The van der Waals surface area contributed by atoms with Crippen molar-refractivity contribution in [2.75, 3.05) is 54.6 Å². The second kappa shape index (κ2) is 12.4. The normalized spacial score (nSPS) is 13.7. The topological polar surface area (TPSA) is 69.7 Å². The standard InChI is InChI=1S/C29H34N2O6/c1-33-24-11-10-22(16-25(24)37-20-21-8-6-5-7-9-21)19-30-12-14-31(15-13-30)29(32)23-17-26(34-2)28(36-4)27(18-23)35-3/h5-11,16-18H,12-15,19-20H2,1-4H3. The van der Waals surface area contributed by atoms with Crippen LogP contribution in [0.1, 0.15) is 21.5 Å². The second-order valence-electron chi connectivity index (χ2n) is 8.74. The van der Waals surface area contributed by atoms with Gasteiger partial charge in [-0.05, 0) is 35.4 Å². The van der Waals surface area contributed by atoms with Crippen molar-refractivity contribution in [1.82, 2.24) is 9.80 Å². The van der Waals surface area contributed by atoms with Crippen molar-refractivity contribution in [2.24, 2.45) is 0 Å². The number of benzene rings is 3. The van der Waals surface area contributed by atoms with E-state index in [-0.39, 0.29) is 5.91 Å². The Hall–Kier alpha value is -3.91. The number of nitrogens with zero attached hydrogens (tertiary/aromatic N) is 2. The highest BCUT2D eigenvalue weighted by Crippen LogP contribution is 2.38. The fourth-order valence-electron chi connectivity index (χ4n) is 4.42. The molecule has 0 unspecified atom stereocenters. The Morgan fingerprint density at radius 1 is 0.703 bits per heavy atom. The predicted octanol–water partition coefficient (Wildman–Crippen LogP) is 4.26. The summed E-state index contributed by atoms with van der Waals surface area (Å²) in [5.41, 5.74) is 2.74. The smallest absolute Gasteiger partial charge is 0.254 e. The Bertz CT molecular complexity index is 1170. The van der Waals surface area contributed by atoms with Gasteiger partial charge in [-0.2, -0.15) is 0 Å². The molecule has 3 aromatic carbocycles. The molecule has 0 aromatic heterocycles. The van der Waals surface area contributed by atoms with Crippen molar-refractivity contribution in [3.8, 4) is 28.7 Å². The molecular formula is C29H34N2O6. The third kappa shape index (κ3) is 6.27. The molecule has 1 aliphatic rings. The van der Waals surface area contributed by atoms with Gasteiger partial charge in [0.2, 0.25) is 5.75 Å². The summed E-state index contributed by atoms with van der Waals surface area (Å²) in [6, 6.07) is 19.5. The average Bonchev–Trinajstić information content (AvgIpc) is 2.95. The van der Waals surface area contributed by atoms with E-state index in [0.29, 0.717) is 48.3 Å². The maximum atomic E-state index is 13.2. The molecule has 1 fully saturated rings. The molecule has 1 heterocycles. The molecular weight excluding hydrogens is 472 g/mol. The zero-order valence-electron chi connectivity index (χ0n) is 21.9. The van der Waals surface area contributed by atoms with E-state index in [1.165, 1.54) is 0 Å². The first-order valence-corrected chi connectivity index (χ1v) is 12.2. The van der Waals surface area contributed by atoms with Crippen molar-refractivity contribution in [3.05, 3.63) is 77.4 Å². The summed E-state index contributed by atoms with van der Waals surface area (Å²) in [5.74, 6) is 2.78. The number of hydrogen-bond acceptors (Lipinski definition) is 7. The SMILES string of the molecule is COc1ccc(CN2CCN(C(=O)c3cc(OC)c(OC)c(OC)c3)CC2)cc1OCc1ccccc1. The number of piperazine rings is 1. The summed E-state index contributed by atoms with van der Waals surface area (Å²) in [7, 11) is 6.28. The molecule has 1 saturated heterocycles. The summed E-state index contributed by atoms with van der Waals surface area (Å²) in [6.07, 6.45) is 0. The molecule has 0 aliphatic carbocycles. The molecule has 3 aromatic rings. The van der Waals surface area contributed by atoms with Gasteiger partial charge in [0, 0.05) is 38.3 Å². The highest BCUT2D eigenvalue weighted by molar-refractivity contribution is 5.95. The number of hydrogen-bond donors (Lipinski definition) is 0. The van der Waals surface area contributed by atoms with E-state index in [9.17, 15) is 4.79 Å². The Morgan fingerprint density at radius 3 is 1.95 bits per heavy atom. The van der Waals surface area contributed by atoms with E-state index in [4.69, 9.17) is 23.7 Å². The average molecular weight is 507 g/mol. The summed E-state index contributed by atoms with van der Waals surface area (Å²) in [5, 5.41) is 0. The Kier molecular flexibility index (Phi) is 8.74. The van der Waals surface area contributed by atoms with E-state index >= 15 is 0 Å². The lowest BCUT2D eigenvalue weighted by atomic mass is 10.1. The third-order valence-corrected chi connectivity index (χ3v) is 6.44. The van der Waals surface area contributed by atoms with E-state index in [1.54, 1.807) is 40.6 Å². The first kappa shape index (κ1) is 26.2. The summed E-state index contributed by atoms with van der Waals surface area (Å²) < 4.78 is 27.8.